The number of carbonyl (C=O) groups excluding carboxylic acids is 2. The molecule has 0 fully saturated rings. The zero-order valence-electron chi connectivity index (χ0n) is 23.8. The fourth-order valence-electron chi connectivity index (χ4n) is 4.81. The van der Waals surface area contributed by atoms with Crippen molar-refractivity contribution in [3.8, 4) is 17.2 Å². The van der Waals surface area contributed by atoms with Crippen molar-refractivity contribution in [2.45, 2.75) is 13.0 Å². The summed E-state index contributed by atoms with van der Waals surface area (Å²) >= 11 is 5.59. The molecule has 4 aromatic rings. The fourth-order valence-corrected chi connectivity index (χ4v) is 5.03. The van der Waals surface area contributed by atoms with Crippen molar-refractivity contribution in [3.63, 3.8) is 0 Å². The summed E-state index contributed by atoms with van der Waals surface area (Å²) in [6, 6.07) is 30.7. The van der Waals surface area contributed by atoms with Gasteiger partial charge in [-0.15, -0.1) is 0 Å². The number of amides is 1. The Hall–Kier alpha value is -5.15. The summed E-state index contributed by atoms with van der Waals surface area (Å²) in [6.45, 7) is 1.98. The lowest BCUT2D eigenvalue weighted by Gasteiger charge is -2.32. The number of thiocarbonyl (C=S) groups is 1. The van der Waals surface area contributed by atoms with Gasteiger partial charge in [-0.3, -0.25) is 9.59 Å². The minimum atomic E-state index is -0.584. The van der Waals surface area contributed by atoms with E-state index in [4.69, 9.17) is 26.4 Å². The van der Waals surface area contributed by atoms with Crippen LogP contribution in [0.2, 0.25) is 0 Å². The van der Waals surface area contributed by atoms with Crippen molar-refractivity contribution in [2.75, 3.05) is 25.6 Å². The van der Waals surface area contributed by atoms with E-state index in [2.05, 4.69) is 16.0 Å². The maximum absolute atomic E-state index is 14.0. The van der Waals surface area contributed by atoms with E-state index in [-0.39, 0.29) is 18.3 Å². The maximum Gasteiger partial charge on any atom is 0.262 e. The van der Waals surface area contributed by atoms with E-state index in [1.807, 2.05) is 73.7 Å². The highest BCUT2D eigenvalue weighted by molar-refractivity contribution is 7.80. The molecule has 0 aliphatic carbocycles. The number of para-hydroxylation sites is 2. The number of hydrogen-bond donors (Lipinski definition) is 3. The largest absolute Gasteiger partial charge is 0.495 e. The van der Waals surface area contributed by atoms with E-state index < -0.39 is 6.04 Å². The van der Waals surface area contributed by atoms with Gasteiger partial charge in [-0.2, -0.15) is 0 Å². The number of benzene rings is 4. The van der Waals surface area contributed by atoms with Crippen LogP contribution in [-0.4, -0.2) is 37.1 Å². The number of nitrogens with one attached hydrogen (secondary N) is 3. The molecule has 0 saturated heterocycles. The van der Waals surface area contributed by atoms with Crippen molar-refractivity contribution in [1.82, 2.24) is 10.6 Å². The quantitative estimate of drug-likeness (QED) is 0.146. The zero-order valence-corrected chi connectivity index (χ0v) is 24.6. The van der Waals surface area contributed by atoms with E-state index >= 15 is 0 Å². The van der Waals surface area contributed by atoms with Crippen molar-refractivity contribution in [3.05, 3.63) is 125 Å². The van der Waals surface area contributed by atoms with Gasteiger partial charge in [0.2, 0.25) is 0 Å². The molecule has 0 unspecified atom stereocenters. The van der Waals surface area contributed by atoms with Crippen LogP contribution in [0.25, 0.3) is 5.70 Å². The molecule has 1 aliphatic heterocycles. The molecule has 8 nitrogen and oxygen atoms in total. The van der Waals surface area contributed by atoms with Gasteiger partial charge in [-0.05, 0) is 54.5 Å². The molecule has 1 atom stereocenters. The van der Waals surface area contributed by atoms with E-state index in [1.165, 1.54) is 7.11 Å². The second-order valence-electron chi connectivity index (χ2n) is 9.56. The lowest BCUT2D eigenvalue weighted by molar-refractivity contribution is -0.118. The molecule has 218 valence electrons. The lowest BCUT2D eigenvalue weighted by atomic mass is 9.87. The normalized spacial score (nSPS) is 14.3. The highest BCUT2D eigenvalue weighted by Crippen LogP contribution is 2.37. The van der Waals surface area contributed by atoms with Crippen LogP contribution in [0.15, 0.2) is 109 Å². The molecule has 43 heavy (non-hydrogen) atoms. The van der Waals surface area contributed by atoms with E-state index in [0.29, 0.717) is 51.5 Å². The Kier molecular flexibility index (Phi) is 9.33. The van der Waals surface area contributed by atoms with Crippen LogP contribution in [0.5, 0.6) is 17.2 Å². The summed E-state index contributed by atoms with van der Waals surface area (Å²) in [7, 11) is 1.54. The summed E-state index contributed by atoms with van der Waals surface area (Å²) < 4.78 is 17.1. The highest BCUT2D eigenvalue weighted by Gasteiger charge is 2.33. The molecule has 1 heterocycles. The van der Waals surface area contributed by atoms with Crippen LogP contribution in [0.1, 0.15) is 34.5 Å². The van der Waals surface area contributed by atoms with Crippen molar-refractivity contribution < 1.29 is 23.8 Å². The van der Waals surface area contributed by atoms with Crippen LogP contribution in [0.4, 0.5) is 5.69 Å². The van der Waals surface area contributed by atoms with Gasteiger partial charge in [0.1, 0.15) is 5.75 Å². The number of methoxy groups -OCH3 is 1. The fraction of sp³-hybridized carbons (Fsp3) is 0.147. The summed E-state index contributed by atoms with van der Waals surface area (Å²) in [5.74, 6) is 0.877. The van der Waals surface area contributed by atoms with Crippen LogP contribution < -0.4 is 30.2 Å². The summed E-state index contributed by atoms with van der Waals surface area (Å²) in [6.07, 6.45) is 0. The standard InChI is InChI=1S/C34H31N3O5S/c1-3-41-28-20-24(18-19-27(28)42-21-29(38)35-25-16-10-11-17-26(25)40-2)32-30(33(39)23-14-8-5-9-15-23)31(36-34(43)37-32)22-12-6-4-7-13-22/h4-20,32H,3,21H2,1-2H3,(H,35,38)(H2,36,37,43)/t32-/m0/s1. The third-order valence-corrected chi connectivity index (χ3v) is 6.98. The Labute approximate surface area is 255 Å². The first-order valence-corrected chi connectivity index (χ1v) is 14.2. The molecule has 9 heteroatoms. The van der Waals surface area contributed by atoms with Gasteiger partial charge in [-0.1, -0.05) is 78.9 Å². The number of ketones is 1. The average molecular weight is 594 g/mol. The Balaban J connectivity index is 1.47. The number of hydrogen-bond acceptors (Lipinski definition) is 6. The molecule has 0 radical (unpaired) electrons. The third kappa shape index (κ3) is 6.85. The molecule has 0 bridgehead atoms. The van der Waals surface area contributed by atoms with Gasteiger partial charge in [0, 0.05) is 5.56 Å². The van der Waals surface area contributed by atoms with Crippen LogP contribution in [0, 0.1) is 0 Å². The Morgan fingerprint density at radius 2 is 1.53 bits per heavy atom. The van der Waals surface area contributed by atoms with Crippen molar-refractivity contribution >= 4 is 40.4 Å². The van der Waals surface area contributed by atoms with Gasteiger partial charge >= 0.3 is 0 Å². The number of anilines is 1. The Bertz CT molecular complexity index is 1660. The number of ether oxygens (including phenoxy) is 3. The maximum atomic E-state index is 14.0. The minimum Gasteiger partial charge on any atom is -0.495 e. The topological polar surface area (TPSA) is 97.9 Å². The molecule has 0 aromatic heterocycles. The van der Waals surface area contributed by atoms with Gasteiger partial charge < -0.3 is 30.2 Å². The van der Waals surface area contributed by atoms with Crippen molar-refractivity contribution in [2.24, 2.45) is 0 Å². The van der Waals surface area contributed by atoms with E-state index in [0.717, 1.165) is 11.1 Å². The SMILES string of the molecule is CCOc1cc([C@@H]2NC(=S)NC(c3ccccc3)=C2C(=O)c2ccccc2)ccc1OCC(=O)Nc1ccccc1OC. The number of Topliss-reactive ketones (excluding diaryl/α,β-unsaturated/α-hetero) is 1. The molecule has 3 N–H and O–H groups in total. The molecular formula is C34H31N3O5S. The second-order valence-corrected chi connectivity index (χ2v) is 9.97. The molecule has 4 aromatic carbocycles. The second kappa shape index (κ2) is 13.7. The Morgan fingerprint density at radius 3 is 2.26 bits per heavy atom. The molecule has 0 spiro atoms. The average Bonchev–Trinajstić information content (AvgIpc) is 3.04. The summed E-state index contributed by atoms with van der Waals surface area (Å²) in [5.41, 5.74) is 3.82. The Morgan fingerprint density at radius 1 is 0.837 bits per heavy atom. The molecular weight excluding hydrogens is 562 g/mol. The van der Waals surface area contributed by atoms with Crippen LogP contribution >= 0.6 is 12.2 Å². The first kappa shape index (κ1) is 29.3. The first-order valence-electron chi connectivity index (χ1n) is 13.8. The lowest BCUT2D eigenvalue weighted by Crippen LogP contribution is -2.44. The van der Waals surface area contributed by atoms with E-state index in [9.17, 15) is 9.59 Å². The van der Waals surface area contributed by atoms with Crippen LogP contribution in [-0.2, 0) is 4.79 Å². The van der Waals surface area contributed by atoms with Crippen molar-refractivity contribution in [1.29, 1.82) is 0 Å². The van der Waals surface area contributed by atoms with Crippen LogP contribution in [0.3, 0.4) is 0 Å². The number of rotatable bonds is 11. The number of carbonyl (C=O) groups is 2. The smallest absolute Gasteiger partial charge is 0.262 e. The van der Waals surface area contributed by atoms with Gasteiger partial charge in [0.25, 0.3) is 5.91 Å². The zero-order chi connectivity index (χ0) is 30.2. The summed E-state index contributed by atoms with van der Waals surface area (Å²) in [4.78, 5) is 26.7. The van der Waals surface area contributed by atoms with E-state index in [1.54, 1.807) is 36.4 Å². The highest BCUT2D eigenvalue weighted by atomic mass is 32.1. The minimum absolute atomic E-state index is 0.141. The summed E-state index contributed by atoms with van der Waals surface area (Å²) in [5, 5.41) is 9.68. The predicted octanol–water partition coefficient (Wildman–Crippen LogP) is 5.92. The predicted molar refractivity (Wildman–Crippen MR) is 170 cm³/mol. The molecule has 0 saturated carbocycles. The molecule has 5 rings (SSSR count). The third-order valence-electron chi connectivity index (χ3n) is 6.76. The van der Waals surface area contributed by atoms with Gasteiger partial charge in [0.05, 0.1) is 36.7 Å². The first-order chi connectivity index (χ1) is 21.0. The van der Waals surface area contributed by atoms with Gasteiger partial charge in [0.15, 0.2) is 29.0 Å². The monoisotopic (exact) mass is 593 g/mol. The van der Waals surface area contributed by atoms with Gasteiger partial charge in [-0.25, -0.2) is 0 Å². The molecule has 1 amide bonds. The molecule has 1 aliphatic rings.